The third-order valence-corrected chi connectivity index (χ3v) is 3.05. The molecule has 0 bridgehead atoms. The topological polar surface area (TPSA) is 52.3 Å². The molecule has 0 saturated heterocycles. The van der Waals surface area contributed by atoms with Crippen molar-refractivity contribution in [3.8, 4) is 0 Å². The zero-order chi connectivity index (χ0) is 13.8. The fraction of sp³-hybridized carbons (Fsp3) is 0.188. The predicted molar refractivity (Wildman–Crippen MR) is 75.9 cm³/mol. The second-order valence-corrected chi connectivity index (χ2v) is 4.59. The monoisotopic (exact) mass is 255 g/mol. The van der Waals surface area contributed by atoms with Crippen molar-refractivity contribution in [2.75, 3.05) is 5.73 Å². The van der Waals surface area contributed by atoms with Crippen molar-refractivity contribution in [1.82, 2.24) is 0 Å². The second-order valence-electron chi connectivity index (χ2n) is 4.59. The summed E-state index contributed by atoms with van der Waals surface area (Å²) in [4.78, 5) is 12.0. The largest absolute Gasteiger partial charge is 0.457 e. The summed E-state index contributed by atoms with van der Waals surface area (Å²) in [6, 6.07) is 13.2. The van der Waals surface area contributed by atoms with Gasteiger partial charge in [-0.2, -0.15) is 0 Å². The number of esters is 1. The van der Waals surface area contributed by atoms with Crippen molar-refractivity contribution in [3.05, 3.63) is 64.7 Å². The third-order valence-electron chi connectivity index (χ3n) is 3.05. The number of rotatable bonds is 3. The first-order chi connectivity index (χ1) is 9.08. The molecule has 3 heteroatoms. The number of hydrogen-bond donors (Lipinski definition) is 1. The van der Waals surface area contributed by atoms with Crippen LogP contribution in [0.5, 0.6) is 0 Å². The van der Waals surface area contributed by atoms with Gasteiger partial charge >= 0.3 is 5.97 Å². The Bertz CT molecular complexity index is 591. The maximum absolute atomic E-state index is 12.0. The van der Waals surface area contributed by atoms with Gasteiger partial charge in [0, 0.05) is 5.69 Å². The van der Waals surface area contributed by atoms with Gasteiger partial charge in [0.05, 0.1) is 5.56 Å². The highest BCUT2D eigenvalue weighted by atomic mass is 16.5. The van der Waals surface area contributed by atoms with E-state index in [0.717, 1.165) is 16.7 Å². The summed E-state index contributed by atoms with van der Waals surface area (Å²) in [7, 11) is 0. The van der Waals surface area contributed by atoms with E-state index in [9.17, 15) is 4.79 Å². The van der Waals surface area contributed by atoms with Crippen LogP contribution in [0.15, 0.2) is 42.5 Å². The molecule has 0 aromatic heterocycles. The number of nitrogens with two attached hydrogens (primary N) is 1. The molecule has 0 radical (unpaired) electrons. The Balaban J connectivity index is 2.10. The third kappa shape index (κ3) is 3.13. The summed E-state index contributed by atoms with van der Waals surface area (Å²) >= 11 is 0. The van der Waals surface area contributed by atoms with E-state index < -0.39 is 0 Å². The van der Waals surface area contributed by atoms with E-state index in [1.807, 2.05) is 50.2 Å². The maximum atomic E-state index is 12.0. The van der Waals surface area contributed by atoms with E-state index in [1.165, 1.54) is 0 Å². The molecule has 0 atom stereocenters. The number of nitrogen functional groups attached to an aromatic ring is 1. The minimum absolute atomic E-state index is 0.271. The molecule has 0 heterocycles. The molecule has 0 aliphatic carbocycles. The van der Waals surface area contributed by atoms with Crippen molar-refractivity contribution in [3.63, 3.8) is 0 Å². The molecule has 3 nitrogen and oxygen atoms in total. The van der Waals surface area contributed by atoms with Gasteiger partial charge in [0.2, 0.25) is 0 Å². The number of anilines is 1. The molecule has 0 unspecified atom stereocenters. The lowest BCUT2D eigenvalue weighted by atomic mass is 10.0. The van der Waals surface area contributed by atoms with Crippen molar-refractivity contribution in [2.45, 2.75) is 20.5 Å². The van der Waals surface area contributed by atoms with E-state index in [4.69, 9.17) is 10.5 Å². The minimum atomic E-state index is -0.340. The molecule has 2 rings (SSSR count). The SMILES string of the molecule is Cc1cc(C)c(C(=O)OCc2ccccc2)cc1N. The quantitative estimate of drug-likeness (QED) is 0.676. The number of hydrogen-bond acceptors (Lipinski definition) is 3. The molecule has 0 aliphatic rings. The van der Waals surface area contributed by atoms with E-state index >= 15 is 0 Å². The van der Waals surface area contributed by atoms with Crippen molar-refractivity contribution < 1.29 is 9.53 Å². The lowest BCUT2D eigenvalue weighted by Crippen LogP contribution is -2.08. The van der Waals surface area contributed by atoms with Crippen LogP contribution in [0, 0.1) is 13.8 Å². The summed E-state index contributed by atoms with van der Waals surface area (Å²) in [5.74, 6) is -0.340. The van der Waals surface area contributed by atoms with E-state index in [-0.39, 0.29) is 12.6 Å². The molecular formula is C16H17NO2. The molecule has 2 aromatic carbocycles. The number of ether oxygens (including phenoxy) is 1. The Labute approximate surface area is 113 Å². The predicted octanol–water partition coefficient (Wildman–Crippen LogP) is 3.24. The van der Waals surface area contributed by atoms with Crippen molar-refractivity contribution >= 4 is 11.7 Å². The highest BCUT2D eigenvalue weighted by molar-refractivity contribution is 5.92. The molecule has 98 valence electrons. The van der Waals surface area contributed by atoms with Crippen molar-refractivity contribution in [2.24, 2.45) is 0 Å². The molecule has 0 amide bonds. The lowest BCUT2D eigenvalue weighted by molar-refractivity contribution is 0.0472. The molecule has 0 fully saturated rings. The maximum Gasteiger partial charge on any atom is 0.338 e. The van der Waals surface area contributed by atoms with Crippen LogP contribution in [-0.2, 0) is 11.3 Å². The number of benzene rings is 2. The normalized spacial score (nSPS) is 10.2. The number of carbonyl (C=O) groups excluding carboxylic acids is 1. The average Bonchev–Trinajstić information content (AvgIpc) is 2.41. The van der Waals surface area contributed by atoms with Crippen LogP contribution in [0.1, 0.15) is 27.0 Å². The summed E-state index contributed by atoms with van der Waals surface area (Å²) in [5.41, 5.74) is 9.78. The standard InChI is InChI=1S/C16H17NO2/c1-11-8-12(2)15(17)9-14(11)16(18)19-10-13-6-4-3-5-7-13/h3-9H,10,17H2,1-2H3. The van der Waals surface area contributed by atoms with Gasteiger partial charge in [-0.3, -0.25) is 0 Å². The fourth-order valence-corrected chi connectivity index (χ4v) is 1.89. The molecule has 0 spiro atoms. The Morgan fingerprint density at radius 1 is 1.11 bits per heavy atom. The molecular weight excluding hydrogens is 238 g/mol. The van der Waals surface area contributed by atoms with Crippen LogP contribution in [0.3, 0.4) is 0 Å². The van der Waals surface area contributed by atoms with Gasteiger partial charge in [-0.05, 0) is 36.6 Å². The first kappa shape index (κ1) is 13.1. The van der Waals surface area contributed by atoms with Crippen LogP contribution >= 0.6 is 0 Å². The average molecular weight is 255 g/mol. The van der Waals surface area contributed by atoms with Crippen LogP contribution < -0.4 is 5.73 Å². The highest BCUT2D eigenvalue weighted by Crippen LogP contribution is 2.19. The summed E-state index contributed by atoms with van der Waals surface area (Å²) < 4.78 is 5.30. The van der Waals surface area contributed by atoms with E-state index in [2.05, 4.69) is 0 Å². The molecule has 2 aromatic rings. The highest BCUT2D eigenvalue weighted by Gasteiger charge is 2.12. The zero-order valence-electron chi connectivity index (χ0n) is 11.1. The minimum Gasteiger partial charge on any atom is -0.457 e. The first-order valence-electron chi connectivity index (χ1n) is 6.15. The molecule has 19 heavy (non-hydrogen) atoms. The van der Waals surface area contributed by atoms with Gasteiger partial charge < -0.3 is 10.5 Å². The first-order valence-corrected chi connectivity index (χ1v) is 6.15. The molecule has 2 N–H and O–H groups in total. The summed E-state index contributed by atoms with van der Waals surface area (Å²) in [5, 5.41) is 0. The number of carbonyl (C=O) groups is 1. The van der Waals surface area contributed by atoms with E-state index in [0.29, 0.717) is 11.3 Å². The zero-order valence-corrected chi connectivity index (χ0v) is 11.1. The Kier molecular flexibility index (Phi) is 3.85. The van der Waals surface area contributed by atoms with Crippen molar-refractivity contribution in [1.29, 1.82) is 0 Å². The fourth-order valence-electron chi connectivity index (χ4n) is 1.89. The van der Waals surface area contributed by atoms with Crippen LogP contribution in [0.2, 0.25) is 0 Å². The summed E-state index contributed by atoms with van der Waals surface area (Å²) in [6.07, 6.45) is 0. The second kappa shape index (κ2) is 5.57. The molecule has 0 saturated carbocycles. The van der Waals surface area contributed by atoms with Gasteiger partial charge in [-0.1, -0.05) is 36.4 Å². The van der Waals surface area contributed by atoms with Crippen LogP contribution in [0.25, 0.3) is 0 Å². The van der Waals surface area contributed by atoms with E-state index in [1.54, 1.807) is 6.07 Å². The van der Waals surface area contributed by atoms with Gasteiger partial charge in [0.1, 0.15) is 6.61 Å². The number of aryl methyl sites for hydroxylation is 2. The smallest absolute Gasteiger partial charge is 0.338 e. The summed E-state index contributed by atoms with van der Waals surface area (Å²) in [6.45, 7) is 4.07. The Morgan fingerprint density at radius 2 is 1.79 bits per heavy atom. The molecule has 0 aliphatic heterocycles. The van der Waals surface area contributed by atoms with Crippen LogP contribution in [0.4, 0.5) is 5.69 Å². The van der Waals surface area contributed by atoms with Crippen LogP contribution in [-0.4, -0.2) is 5.97 Å². The Hall–Kier alpha value is -2.29. The van der Waals surface area contributed by atoms with Gasteiger partial charge in [0.15, 0.2) is 0 Å². The van der Waals surface area contributed by atoms with Gasteiger partial charge in [0.25, 0.3) is 0 Å². The van der Waals surface area contributed by atoms with Gasteiger partial charge in [-0.15, -0.1) is 0 Å². The van der Waals surface area contributed by atoms with Gasteiger partial charge in [-0.25, -0.2) is 4.79 Å². The lowest BCUT2D eigenvalue weighted by Gasteiger charge is -2.09. The Morgan fingerprint density at radius 3 is 2.47 bits per heavy atom.